The lowest BCUT2D eigenvalue weighted by atomic mass is 10.5. The zero-order chi connectivity index (χ0) is 18.5. The van der Waals surface area contributed by atoms with Crippen molar-refractivity contribution in [1.82, 2.24) is 5.32 Å². The Balaban J connectivity index is 3.88. The fourth-order valence-corrected chi connectivity index (χ4v) is 5.52. The summed E-state index contributed by atoms with van der Waals surface area (Å²) in [6.07, 6.45) is 0.806. The largest absolute Gasteiger partial charge is 0.500 e. The fourth-order valence-electron chi connectivity index (χ4n) is 2.11. The summed E-state index contributed by atoms with van der Waals surface area (Å²) in [6, 6.07) is 1.19. The Morgan fingerprint density at radius 2 is 1.17 bits per heavy atom. The topological polar surface area (TPSA) is 93.7 Å². The second-order valence-electron chi connectivity index (χ2n) is 4.86. The molecule has 144 valence electrons. The first-order valence-corrected chi connectivity index (χ1v) is 11.5. The number of alkyl carbamates (subject to hydrolysis) is 1. The van der Waals surface area contributed by atoms with Crippen molar-refractivity contribution in [2.24, 2.45) is 0 Å². The van der Waals surface area contributed by atoms with Gasteiger partial charge >= 0.3 is 23.7 Å². The van der Waals surface area contributed by atoms with Gasteiger partial charge < -0.3 is 36.6 Å². The van der Waals surface area contributed by atoms with Gasteiger partial charge in [0.05, 0.1) is 6.61 Å². The van der Waals surface area contributed by atoms with Crippen LogP contribution >= 0.6 is 0 Å². The summed E-state index contributed by atoms with van der Waals surface area (Å²) in [7, 11) is 4.15. The van der Waals surface area contributed by atoms with E-state index in [1.54, 1.807) is 42.7 Å². The van der Waals surface area contributed by atoms with Gasteiger partial charge in [0.25, 0.3) is 0 Å². The van der Waals surface area contributed by atoms with Crippen molar-refractivity contribution >= 4 is 23.7 Å². The second-order valence-corrected chi connectivity index (χ2v) is 11.0. The molecule has 0 radical (unpaired) electrons. The van der Waals surface area contributed by atoms with Crippen molar-refractivity contribution < 1.29 is 36.1 Å². The SMILES string of the molecule is CO[Si](CCCNC(=O)OCCC[Si](OC)(OC)OC)(OC)OC. The molecule has 0 spiro atoms. The normalized spacial score (nSPS) is 12.2. The summed E-state index contributed by atoms with van der Waals surface area (Å²) in [5, 5.41) is 2.68. The molecule has 0 bridgehead atoms. The molecule has 0 rings (SSSR count). The molecule has 0 fully saturated rings. The van der Waals surface area contributed by atoms with E-state index >= 15 is 0 Å². The summed E-state index contributed by atoms with van der Waals surface area (Å²) in [5.41, 5.74) is 0. The predicted molar refractivity (Wildman–Crippen MR) is 91.8 cm³/mol. The van der Waals surface area contributed by atoms with Crippen LogP contribution in [0.4, 0.5) is 4.79 Å². The van der Waals surface area contributed by atoms with Gasteiger partial charge in [-0.2, -0.15) is 0 Å². The van der Waals surface area contributed by atoms with E-state index < -0.39 is 23.7 Å². The summed E-state index contributed by atoms with van der Waals surface area (Å²) in [4.78, 5) is 11.6. The van der Waals surface area contributed by atoms with Crippen LogP contribution in [0.1, 0.15) is 12.8 Å². The average Bonchev–Trinajstić information content (AvgIpc) is 2.63. The van der Waals surface area contributed by atoms with Crippen molar-refractivity contribution in [1.29, 1.82) is 0 Å². The molecule has 0 aromatic heterocycles. The van der Waals surface area contributed by atoms with E-state index in [0.29, 0.717) is 31.5 Å². The minimum Gasteiger partial charge on any atom is -0.450 e. The number of hydrogen-bond acceptors (Lipinski definition) is 8. The minimum absolute atomic E-state index is 0.267. The Morgan fingerprint density at radius 1 is 0.750 bits per heavy atom. The van der Waals surface area contributed by atoms with Gasteiger partial charge in [-0.3, -0.25) is 0 Å². The number of ether oxygens (including phenoxy) is 1. The molecular weight excluding hydrogens is 354 g/mol. The van der Waals surface area contributed by atoms with Crippen LogP contribution in [0.2, 0.25) is 12.1 Å². The first-order valence-electron chi connectivity index (χ1n) is 7.68. The van der Waals surface area contributed by atoms with E-state index in [1.807, 2.05) is 0 Å². The molecule has 0 aromatic rings. The van der Waals surface area contributed by atoms with Gasteiger partial charge in [0.2, 0.25) is 0 Å². The molecule has 24 heavy (non-hydrogen) atoms. The van der Waals surface area contributed by atoms with Gasteiger partial charge in [-0.25, -0.2) is 4.79 Å². The van der Waals surface area contributed by atoms with Gasteiger partial charge in [0, 0.05) is 61.3 Å². The molecule has 11 heteroatoms. The summed E-state index contributed by atoms with van der Waals surface area (Å²) >= 11 is 0. The molecule has 1 N–H and O–H groups in total. The maximum atomic E-state index is 11.6. The lowest BCUT2D eigenvalue weighted by Gasteiger charge is -2.24. The zero-order valence-electron chi connectivity index (χ0n) is 15.5. The molecule has 1 amide bonds. The standard InChI is InChI=1S/C13H31NO8Si2/c1-16-23(17-2,18-3)11-7-9-14-13(15)22-10-8-12-24(19-4,20-5)21-6/h7-12H2,1-6H3,(H,14,15). The van der Waals surface area contributed by atoms with E-state index in [2.05, 4.69) is 5.32 Å². The summed E-state index contributed by atoms with van der Waals surface area (Å²) < 4.78 is 36.9. The van der Waals surface area contributed by atoms with Crippen LogP contribution in [0.15, 0.2) is 0 Å². The molecule has 9 nitrogen and oxygen atoms in total. The summed E-state index contributed by atoms with van der Waals surface area (Å²) in [5.74, 6) is 0. The summed E-state index contributed by atoms with van der Waals surface area (Å²) in [6.45, 7) is 0.722. The molecule has 0 heterocycles. The van der Waals surface area contributed by atoms with Crippen LogP contribution in [0, 0.1) is 0 Å². The minimum atomic E-state index is -2.60. The molecule has 0 saturated carbocycles. The number of amides is 1. The van der Waals surface area contributed by atoms with Crippen LogP contribution < -0.4 is 5.32 Å². The van der Waals surface area contributed by atoms with Crippen LogP contribution in [0.25, 0.3) is 0 Å². The van der Waals surface area contributed by atoms with Crippen molar-refractivity contribution in [3.05, 3.63) is 0 Å². The van der Waals surface area contributed by atoms with E-state index in [1.165, 1.54) is 0 Å². The van der Waals surface area contributed by atoms with Crippen molar-refractivity contribution in [3.8, 4) is 0 Å². The van der Waals surface area contributed by atoms with E-state index in [4.69, 9.17) is 31.3 Å². The first kappa shape index (κ1) is 23.5. The maximum absolute atomic E-state index is 11.6. The van der Waals surface area contributed by atoms with Crippen LogP contribution in [-0.2, 0) is 31.3 Å². The molecule has 0 atom stereocenters. The third-order valence-electron chi connectivity index (χ3n) is 3.66. The highest BCUT2D eigenvalue weighted by Gasteiger charge is 2.37. The Morgan fingerprint density at radius 3 is 1.58 bits per heavy atom. The molecule has 0 aliphatic rings. The van der Waals surface area contributed by atoms with Crippen molar-refractivity contribution in [2.45, 2.75) is 24.9 Å². The van der Waals surface area contributed by atoms with Crippen molar-refractivity contribution in [2.75, 3.05) is 55.8 Å². The molecule has 0 saturated heterocycles. The van der Waals surface area contributed by atoms with Gasteiger partial charge in [-0.1, -0.05) is 0 Å². The maximum Gasteiger partial charge on any atom is 0.500 e. The molecule has 0 aromatic carbocycles. The highest BCUT2D eigenvalue weighted by Crippen LogP contribution is 2.15. The van der Waals surface area contributed by atoms with Gasteiger partial charge in [-0.05, 0) is 12.8 Å². The lowest BCUT2D eigenvalue weighted by Crippen LogP contribution is -2.43. The third-order valence-corrected chi connectivity index (χ3v) is 9.32. The zero-order valence-corrected chi connectivity index (χ0v) is 17.5. The molecular formula is C13H31NO8Si2. The Kier molecular flexibility index (Phi) is 12.5. The Hall–Kier alpha value is -0.536. The second kappa shape index (κ2) is 12.8. The Bertz CT molecular complexity index is 293. The number of carbonyl (C=O) groups excluding carboxylic acids is 1. The van der Waals surface area contributed by atoms with E-state index in [-0.39, 0.29) is 6.61 Å². The monoisotopic (exact) mass is 385 g/mol. The quantitative estimate of drug-likeness (QED) is 0.353. The van der Waals surface area contributed by atoms with Gasteiger partial charge in [-0.15, -0.1) is 0 Å². The highest BCUT2D eigenvalue weighted by atomic mass is 28.4. The number of carbonyl (C=O) groups is 1. The number of hydrogen-bond donors (Lipinski definition) is 1. The fraction of sp³-hybridized carbons (Fsp3) is 0.923. The third kappa shape index (κ3) is 8.03. The molecule has 0 unspecified atom stereocenters. The van der Waals surface area contributed by atoms with Crippen LogP contribution in [-0.4, -0.2) is 79.5 Å². The smallest absolute Gasteiger partial charge is 0.450 e. The Labute approximate surface area is 146 Å². The van der Waals surface area contributed by atoms with E-state index in [0.717, 1.165) is 0 Å². The predicted octanol–water partition coefficient (Wildman–Crippen LogP) is 1.25. The lowest BCUT2D eigenvalue weighted by molar-refractivity contribution is 0.115. The molecule has 0 aliphatic carbocycles. The van der Waals surface area contributed by atoms with E-state index in [9.17, 15) is 4.79 Å². The van der Waals surface area contributed by atoms with Gasteiger partial charge in [0.1, 0.15) is 0 Å². The van der Waals surface area contributed by atoms with Gasteiger partial charge in [0.15, 0.2) is 0 Å². The van der Waals surface area contributed by atoms with Crippen molar-refractivity contribution in [3.63, 3.8) is 0 Å². The van der Waals surface area contributed by atoms with Crippen LogP contribution in [0.3, 0.4) is 0 Å². The van der Waals surface area contributed by atoms with Crippen LogP contribution in [0.5, 0.6) is 0 Å². The first-order chi connectivity index (χ1) is 11.5. The number of rotatable bonds is 14. The molecule has 0 aliphatic heterocycles. The highest BCUT2D eigenvalue weighted by molar-refractivity contribution is 6.60. The number of nitrogens with one attached hydrogen (secondary N) is 1. The average molecular weight is 386 g/mol.